The number of hydrogen-bond acceptors (Lipinski definition) is 2. The van der Waals surface area contributed by atoms with E-state index in [-0.39, 0.29) is 11.4 Å². The molecule has 0 spiro atoms. The SMILES string of the molecule is Cc1ccccc1CNS(=O)(=O)c1ccc(Br)cc1Br. The average Bonchev–Trinajstić information content (AvgIpc) is 2.37. The highest BCUT2D eigenvalue weighted by molar-refractivity contribution is 9.11. The first-order valence-electron chi connectivity index (χ1n) is 5.89. The van der Waals surface area contributed by atoms with Crippen molar-refractivity contribution in [1.29, 1.82) is 0 Å². The highest BCUT2D eigenvalue weighted by Crippen LogP contribution is 2.25. The second kappa shape index (κ2) is 6.39. The predicted molar refractivity (Wildman–Crippen MR) is 87.0 cm³/mol. The number of nitrogens with one attached hydrogen (secondary N) is 1. The Morgan fingerprint density at radius 3 is 2.45 bits per heavy atom. The summed E-state index contributed by atoms with van der Waals surface area (Å²) in [6, 6.07) is 12.7. The summed E-state index contributed by atoms with van der Waals surface area (Å²) >= 11 is 6.58. The van der Waals surface area contributed by atoms with Crippen LogP contribution in [0.3, 0.4) is 0 Å². The van der Waals surface area contributed by atoms with Crippen molar-refractivity contribution in [3.8, 4) is 0 Å². The lowest BCUT2D eigenvalue weighted by Crippen LogP contribution is -2.24. The van der Waals surface area contributed by atoms with E-state index in [2.05, 4.69) is 36.6 Å². The van der Waals surface area contributed by atoms with Crippen LogP contribution in [0.5, 0.6) is 0 Å². The van der Waals surface area contributed by atoms with E-state index in [0.29, 0.717) is 4.47 Å². The molecule has 0 amide bonds. The van der Waals surface area contributed by atoms with Gasteiger partial charge in [0.05, 0.1) is 4.90 Å². The predicted octanol–water partition coefficient (Wildman–Crippen LogP) is 4.00. The lowest BCUT2D eigenvalue weighted by Gasteiger charge is -2.10. The maximum atomic E-state index is 12.3. The van der Waals surface area contributed by atoms with Gasteiger partial charge in [0.1, 0.15) is 0 Å². The summed E-state index contributed by atoms with van der Waals surface area (Å²) < 4.78 is 28.6. The van der Waals surface area contributed by atoms with Gasteiger partial charge in [-0.2, -0.15) is 0 Å². The van der Waals surface area contributed by atoms with Gasteiger partial charge >= 0.3 is 0 Å². The van der Waals surface area contributed by atoms with Crippen molar-refractivity contribution in [3.63, 3.8) is 0 Å². The van der Waals surface area contributed by atoms with Gasteiger partial charge < -0.3 is 0 Å². The Bertz CT molecular complexity index is 730. The largest absolute Gasteiger partial charge is 0.241 e. The molecule has 3 nitrogen and oxygen atoms in total. The Balaban J connectivity index is 2.22. The molecular formula is C14H13Br2NO2S. The van der Waals surface area contributed by atoms with Crippen LogP contribution < -0.4 is 4.72 Å². The van der Waals surface area contributed by atoms with Gasteiger partial charge in [-0.05, 0) is 52.2 Å². The number of rotatable bonds is 4. The van der Waals surface area contributed by atoms with Crippen molar-refractivity contribution in [2.24, 2.45) is 0 Å². The van der Waals surface area contributed by atoms with Crippen molar-refractivity contribution in [2.45, 2.75) is 18.4 Å². The summed E-state index contributed by atoms with van der Waals surface area (Å²) in [6.45, 7) is 2.23. The molecule has 2 aromatic carbocycles. The summed E-state index contributed by atoms with van der Waals surface area (Å²) in [4.78, 5) is 0.231. The Morgan fingerprint density at radius 1 is 1.10 bits per heavy atom. The summed E-state index contributed by atoms with van der Waals surface area (Å²) in [5, 5.41) is 0. The molecule has 6 heteroatoms. The molecule has 0 saturated carbocycles. The van der Waals surface area contributed by atoms with Crippen molar-refractivity contribution in [2.75, 3.05) is 0 Å². The van der Waals surface area contributed by atoms with Crippen LogP contribution >= 0.6 is 31.9 Å². The van der Waals surface area contributed by atoms with E-state index in [4.69, 9.17) is 0 Å². The zero-order valence-corrected chi connectivity index (χ0v) is 14.7. The monoisotopic (exact) mass is 417 g/mol. The average molecular weight is 419 g/mol. The number of aryl methyl sites for hydroxylation is 1. The van der Waals surface area contributed by atoms with Crippen LogP contribution in [0.4, 0.5) is 0 Å². The van der Waals surface area contributed by atoms with Crippen LogP contribution in [-0.2, 0) is 16.6 Å². The van der Waals surface area contributed by atoms with E-state index >= 15 is 0 Å². The maximum Gasteiger partial charge on any atom is 0.241 e. The molecule has 0 atom stereocenters. The quantitative estimate of drug-likeness (QED) is 0.815. The van der Waals surface area contributed by atoms with Crippen molar-refractivity contribution in [1.82, 2.24) is 4.72 Å². The van der Waals surface area contributed by atoms with Crippen molar-refractivity contribution in [3.05, 3.63) is 62.5 Å². The van der Waals surface area contributed by atoms with Crippen LogP contribution in [-0.4, -0.2) is 8.42 Å². The Hall–Kier alpha value is -0.690. The molecule has 106 valence electrons. The first kappa shape index (κ1) is 15.7. The Morgan fingerprint density at radius 2 is 1.80 bits per heavy atom. The zero-order chi connectivity index (χ0) is 14.8. The molecule has 0 aliphatic heterocycles. The first-order chi connectivity index (χ1) is 9.40. The van der Waals surface area contributed by atoms with Crippen LogP contribution in [0.25, 0.3) is 0 Å². The summed E-state index contributed by atoms with van der Waals surface area (Å²) in [5.41, 5.74) is 2.02. The molecule has 0 radical (unpaired) electrons. The molecule has 0 aromatic heterocycles. The van der Waals surface area contributed by atoms with Gasteiger partial charge in [-0.1, -0.05) is 40.2 Å². The van der Waals surface area contributed by atoms with E-state index in [0.717, 1.165) is 15.6 Å². The maximum absolute atomic E-state index is 12.3. The molecule has 0 fully saturated rings. The molecule has 2 aromatic rings. The number of benzene rings is 2. The van der Waals surface area contributed by atoms with Gasteiger partial charge in [-0.15, -0.1) is 0 Å². The van der Waals surface area contributed by atoms with Crippen LogP contribution in [0.1, 0.15) is 11.1 Å². The molecule has 0 saturated heterocycles. The number of hydrogen-bond donors (Lipinski definition) is 1. The highest BCUT2D eigenvalue weighted by atomic mass is 79.9. The minimum absolute atomic E-state index is 0.231. The zero-order valence-electron chi connectivity index (χ0n) is 10.7. The fraction of sp³-hybridized carbons (Fsp3) is 0.143. The number of sulfonamides is 1. The molecule has 0 bridgehead atoms. The summed E-state index contributed by atoms with van der Waals surface area (Å²) in [6.07, 6.45) is 0. The van der Waals surface area contributed by atoms with E-state index < -0.39 is 10.0 Å². The smallest absolute Gasteiger partial charge is 0.207 e. The van der Waals surface area contributed by atoms with Gasteiger partial charge in [-0.25, -0.2) is 13.1 Å². The minimum Gasteiger partial charge on any atom is -0.207 e. The third-order valence-electron chi connectivity index (χ3n) is 2.90. The third kappa shape index (κ3) is 3.69. The van der Waals surface area contributed by atoms with Gasteiger partial charge in [-0.3, -0.25) is 0 Å². The fourth-order valence-corrected chi connectivity index (χ4v) is 4.50. The van der Waals surface area contributed by atoms with Crippen LogP contribution in [0, 0.1) is 6.92 Å². The molecule has 20 heavy (non-hydrogen) atoms. The molecule has 0 heterocycles. The van der Waals surface area contributed by atoms with E-state index in [1.807, 2.05) is 31.2 Å². The lowest BCUT2D eigenvalue weighted by molar-refractivity contribution is 0.580. The van der Waals surface area contributed by atoms with Gasteiger partial charge in [0.2, 0.25) is 10.0 Å². The van der Waals surface area contributed by atoms with Crippen molar-refractivity contribution < 1.29 is 8.42 Å². The summed E-state index contributed by atoms with van der Waals surface area (Å²) in [7, 11) is -3.54. The Labute approximate surface area is 135 Å². The van der Waals surface area contributed by atoms with Crippen LogP contribution in [0.15, 0.2) is 56.3 Å². The van der Waals surface area contributed by atoms with E-state index in [1.165, 1.54) is 0 Å². The second-order valence-corrected chi connectivity index (χ2v) is 7.83. The van der Waals surface area contributed by atoms with E-state index in [1.54, 1.807) is 18.2 Å². The van der Waals surface area contributed by atoms with Crippen LogP contribution in [0.2, 0.25) is 0 Å². The molecule has 2 rings (SSSR count). The van der Waals surface area contributed by atoms with Gasteiger partial charge in [0.25, 0.3) is 0 Å². The Kier molecular flexibility index (Phi) is 5.01. The second-order valence-electron chi connectivity index (χ2n) is 4.33. The minimum atomic E-state index is -3.54. The van der Waals surface area contributed by atoms with Crippen molar-refractivity contribution >= 4 is 41.9 Å². The first-order valence-corrected chi connectivity index (χ1v) is 8.96. The van der Waals surface area contributed by atoms with Gasteiger partial charge in [0.15, 0.2) is 0 Å². The molecule has 0 unspecified atom stereocenters. The fourth-order valence-electron chi connectivity index (χ4n) is 1.75. The normalized spacial score (nSPS) is 11.6. The molecule has 0 aliphatic rings. The molecule has 1 N–H and O–H groups in total. The lowest BCUT2D eigenvalue weighted by atomic mass is 10.1. The van der Waals surface area contributed by atoms with E-state index in [9.17, 15) is 8.42 Å². The van der Waals surface area contributed by atoms with Gasteiger partial charge in [0, 0.05) is 15.5 Å². The standard InChI is InChI=1S/C14H13Br2NO2S/c1-10-4-2-3-5-11(10)9-17-20(18,19)14-7-6-12(15)8-13(14)16/h2-8,17H,9H2,1H3. The summed E-state index contributed by atoms with van der Waals surface area (Å²) in [5.74, 6) is 0. The topological polar surface area (TPSA) is 46.2 Å². The highest BCUT2D eigenvalue weighted by Gasteiger charge is 2.17. The third-order valence-corrected chi connectivity index (χ3v) is 5.77. The molecular weight excluding hydrogens is 406 g/mol. The molecule has 0 aliphatic carbocycles. The number of halogens is 2.